The van der Waals surface area contributed by atoms with E-state index in [0.717, 1.165) is 28.5 Å². The van der Waals surface area contributed by atoms with Gasteiger partial charge in [-0.25, -0.2) is 0 Å². The normalized spacial score (nSPS) is 9.49. The van der Waals surface area contributed by atoms with Crippen LogP contribution in [0.2, 0.25) is 5.02 Å². The molecule has 0 nitrogen and oxygen atoms in total. The average molecular weight is 722 g/mol. The SMILES string of the molecule is C#Cc1ccccc1C.C=C(C)/C=C\C(C)=C/C.C=CC.CC.CC.CC=CCC.CCCC(C)CCC.CCCCc1cc(C)c(Cl)cc1C. The van der Waals surface area contributed by atoms with Gasteiger partial charge in [-0.05, 0) is 115 Å². The molecule has 0 radical (unpaired) electrons. The Morgan fingerprint density at radius 2 is 1.33 bits per heavy atom. The lowest BCUT2D eigenvalue weighted by Gasteiger charge is -2.07. The van der Waals surface area contributed by atoms with Crippen molar-refractivity contribution < 1.29 is 0 Å². The minimum atomic E-state index is 0.887. The zero-order valence-electron chi connectivity index (χ0n) is 37.0. The van der Waals surface area contributed by atoms with E-state index in [-0.39, 0.29) is 0 Å². The molecule has 0 aliphatic heterocycles. The monoisotopic (exact) mass is 721 g/mol. The van der Waals surface area contributed by atoms with Crippen LogP contribution in [-0.4, -0.2) is 0 Å². The van der Waals surface area contributed by atoms with E-state index in [0.29, 0.717) is 0 Å². The van der Waals surface area contributed by atoms with Gasteiger partial charge in [0.25, 0.3) is 0 Å². The molecule has 0 fully saturated rings. The summed E-state index contributed by atoms with van der Waals surface area (Å²) in [5.41, 5.74) is 8.48. The summed E-state index contributed by atoms with van der Waals surface area (Å²) in [6.45, 7) is 42.5. The van der Waals surface area contributed by atoms with E-state index in [4.69, 9.17) is 18.0 Å². The van der Waals surface area contributed by atoms with Crippen molar-refractivity contribution in [2.45, 2.75) is 169 Å². The first-order valence-electron chi connectivity index (χ1n) is 19.7. The fourth-order valence-electron chi connectivity index (χ4n) is 3.95. The summed E-state index contributed by atoms with van der Waals surface area (Å²) in [5, 5.41) is 0.887. The molecule has 0 bridgehead atoms. The van der Waals surface area contributed by atoms with Gasteiger partial charge in [-0.3, -0.25) is 0 Å². The summed E-state index contributed by atoms with van der Waals surface area (Å²) in [4.78, 5) is 0. The second kappa shape index (κ2) is 49.1. The maximum Gasteiger partial charge on any atom is 0.0438 e. The fourth-order valence-corrected chi connectivity index (χ4v) is 4.17. The van der Waals surface area contributed by atoms with Crippen molar-refractivity contribution in [1.82, 2.24) is 0 Å². The Morgan fingerprint density at radius 1 is 0.824 bits per heavy atom. The van der Waals surface area contributed by atoms with Crippen LogP contribution in [0, 0.1) is 39.0 Å². The van der Waals surface area contributed by atoms with Gasteiger partial charge in [0.05, 0.1) is 0 Å². The highest BCUT2D eigenvalue weighted by molar-refractivity contribution is 6.31. The molecule has 292 valence electrons. The van der Waals surface area contributed by atoms with E-state index in [1.54, 1.807) is 6.08 Å². The third-order valence-electron chi connectivity index (χ3n) is 6.84. The number of terminal acetylenes is 1. The molecule has 0 spiro atoms. The van der Waals surface area contributed by atoms with Crippen LogP contribution in [0.4, 0.5) is 0 Å². The predicted octanol–water partition coefficient (Wildman–Crippen LogP) is 17.8. The molecule has 2 aromatic carbocycles. The van der Waals surface area contributed by atoms with Crippen molar-refractivity contribution in [3.8, 4) is 12.3 Å². The molecule has 51 heavy (non-hydrogen) atoms. The number of unbranched alkanes of at least 4 members (excludes halogenated alkanes) is 1. The van der Waals surface area contributed by atoms with Gasteiger partial charge in [0.15, 0.2) is 0 Å². The van der Waals surface area contributed by atoms with Crippen molar-refractivity contribution in [3.63, 3.8) is 0 Å². The predicted molar refractivity (Wildman–Crippen MR) is 245 cm³/mol. The maximum absolute atomic E-state index is 6.02. The van der Waals surface area contributed by atoms with Crippen LogP contribution < -0.4 is 0 Å². The zero-order valence-corrected chi connectivity index (χ0v) is 37.8. The molecule has 0 unspecified atom stereocenters. The first kappa shape index (κ1) is 60.1. The summed E-state index contributed by atoms with van der Waals surface area (Å²) in [6, 6.07) is 12.2. The quantitative estimate of drug-likeness (QED) is 0.130. The van der Waals surface area contributed by atoms with Crippen molar-refractivity contribution in [2.24, 2.45) is 5.92 Å². The highest BCUT2D eigenvalue weighted by atomic mass is 35.5. The fraction of sp³-hybridized carbons (Fsp3) is 0.520. The molecule has 0 saturated heterocycles. The zero-order chi connectivity index (χ0) is 41.0. The number of hydrogen-bond acceptors (Lipinski definition) is 0. The Hall–Kier alpha value is -3.01. The van der Waals surface area contributed by atoms with Crippen LogP contribution in [0.15, 0.2) is 97.2 Å². The van der Waals surface area contributed by atoms with E-state index < -0.39 is 0 Å². The minimum absolute atomic E-state index is 0.887. The molecular weight excluding hydrogens is 636 g/mol. The van der Waals surface area contributed by atoms with Crippen LogP contribution in [-0.2, 0) is 6.42 Å². The first-order chi connectivity index (χ1) is 24.3. The van der Waals surface area contributed by atoms with Crippen molar-refractivity contribution in [3.05, 3.63) is 130 Å². The van der Waals surface area contributed by atoms with Crippen LogP contribution in [0.3, 0.4) is 0 Å². The third kappa shape index (κ3) is 47.0. The standard InChI is InChI=1S/C12H17Cl.C9H8.C9H14.C8H18.C5H10.C3H6.2C2H6/c1-4-5-6-11-7-10(3)12(13)8-9(11)2;1-3-9-7-5-4-6-8(9)2;1-5-9(4)7-6-8(2)3;1-4-6-8(3)7-5-2;1-3-5-4-2;1-3-2;2*1-2/h7-8H,4-6H2,1-3H3;1,4-7H,2H3;5-7H,2H2,1,3-4H3;8H,4-7H2,1-3H3;3,5H,4H2,1-2H3;3H,1H2,2H3;2*1-2H3/b;;7-6-,9-5-;;;;;. The summed E-state index contributed by atoms with van der Waals surface area (Å²) in [7, 11) is 0. The van der Waals surface area contributed by atoms with Gasteiger partial charge in [0.2, 0.25) is 0 Å². The smallest absolute Gasteiger partial charge is 0.0438 e. The Labute approximate surface area is 327 Å². The average Bonchev–Trinajstić information content (AvgIpc) is 3.12. The lowest BCUT2D eigenvalue weighted by atomic mass is 10.0. The highest BCUT2D eigenvalue weighted by Gasteiger charge is 2.02. The van der Waals surface area contributed by atoms with E-state index in [9.17, 15) is 0 Å². The number of hydrogen-bond donors (Lipinski definition) is 0. The molecule has 0 aliphatic carbocycles. The Balaban J connectivity index is -0.000000121. The van der Waals surface area contributed by atoms with E-state index in [1.165, 1.54) is 72.8 Å². The van der Waals surface area contributed by atoms with Gasteiger partial charge in [0.1, 0.15) is 0 Å². The molecule has 2 rings (SSSR count). The van der Waals surface area contributed by atoms with Crippen molar-refractivity contribution >= 4 is 11.6 Å². The van der Waals surface area contributed by atoms with Crippen LogP contribution in [0.5, 0.6) is 0 Å². The van der Waals surface area contributed by atoms with Crippen molar-refractivity contribution in [2.75, 3.05) is 0 Å². The van der Waals surface area contributed by atoms with E-state index in [1.807, 2.05) is 92.7 Å². The number of allylic oxidation sites excluding steroid dienone is 8. The topological polar surface area (TPSA) is 0 Å². The lowest BCUT2D eigenvalue weighted by Crippen LogP contribution is -1.91. The van der Waals surface area contributed by atoms with Gasteiger partial charge in [-0.15, -0.1) is 13.0 Å². The third-order valence-corrected chi connectivity index (χ3v) is 7.25. The van der Waals surface area contributed by atoms with Crippen LogP contribution in [0.1, 0.15) is 170 Å². The van der Waals surface area contributed by atoms with E-state index >= 15 is 0 Å². The summed E-state index contributed by atoms with van der Waals surface area (Å²) in [6.07, 6.45) is 27.6. The summed E-state index contributed by atoms with van der Waals surface area (Å²) < 4.78 is 0. The molecule has 0 aromatic heterocycles. The molecular formula is C50H85Cl. The largest absolute Gasteiger partial charge is 0.115 e. The molecule has 0 aliphatic rings. The molecule has 2 aromatic rings. The highest BCUT2D eigenvalue weighted by Crippen LogP contribution is 2.21. The summed E-state index contributed by atoms with van der Waals surface area (Å²) in [5.74, 6) is 3.56. The number of rotatable bonds is 10. The van der Waals surface area contributed by atoms with Crippen molar-refractivity contribution in [1.29, 1.82) is 0 Å². The Kier molecular flexibility index (Phi) is 57.9. The number of aryl methyl sites for hydroxylation is 4. The second-order valence-corrected chi connectivity index (χ2v) is 12.3. The van der Waals surface area contributed by atoms with Crippen LogP contribution in [0.25, 0.3) is 0 Å². The number of halogens is 1. The molecule has 0 amide bonds. The Morgan fingerprint density at radius 3 is 1.67 bits per heavy atom. The molecule has 0 heterocycles. The molecule has 0 saturated carbocycles. The minimum Gasteiger partial charge on any atom is -0.115 e. The molecule has 0 N–H and O–H groups in total. The number of benzene rings is 2. The molecule has 1 heteroatoms. The first-order valence-corrected chi connectivity index (χ1v) is 20.1. The van der Waals surface area contributed by atoms with Gasteiger partial charge >= 0.3 is 0 Å². The maximum atomic E-state index is 6.02. The lowest BCUT2D eigenvalue weighted by molar-refractivity contribution is 0.480. The summed E-state index contributed by atoms with van der Waals surface area (Å²) >= 11 is 6.02. The van der Waals surface area contributed by atoms with Gasteiger partial charge in [-0.1, -0.05) is 190 Å². The molecule has 0 atom stereocenters. The second-order valence-electron chi connectivity index (χ2n) is 11.9. The van der Waals surface area contributed by atoms with Gasteiger partial charge in [-0.2, -0.15) is 0 Å². The van der Waals surface area contributed by atoms with Gasteiger partial charge in [0, 0.05) is 10.6 Å². The van der Waals surface area contributed by atoms with Crippen LogP contribution >= 0.6 is 11.6 Å². The Bertz CT molecular complexity index is 1160. The van der Waals surface area contributed by atoms with Gasteiger partial charge < -0.3 is 0 Å². The van der Waals surface area contributed by atoms with E-state index in [2.05, 4.69) is 111 Å².